The highest BCUT2D eigenvalue weighted by molar-refractivity contribution is 7.89. The average Bonchev–Trinajstić information content (AvgIpc) is 2.78. The molecule has 0 aliphatic heterocycles. The van der Waals surface area contributed by atoms with Crippen molar-refractivity contribution in [2.45, 2.75) is 31.2 Å². The van der Waals surface area contributed by atoms with E-state index in [1.54, 1.807) is 25.4 Å². The predicted octanol–water partition coefficient (Wildman–Crippen LogP) is 1.72. The fraction of sp³-hybridized carbons (Fsp3) is 0.571. The van der Waals surface area contributed by atoms with Gasteiger partial charge in [-0.2, -0.15) is 0 Å². The summed E-state index contributed by atoms with van der Waals surface area (Å²) >= 11 is 0. The van der Waals surface area contributed by atoms with Crippen LogP contribution in [-0.2, 0) is 23.6 Å². The third-order valence-corrected chi connectivity index (χ3v) is 5.05. The molecule has 0 radical (unpaired) electrons. The molecule has 0 bridgehead atoms. The third kappa shape index (κ3) is 4.19. The maximum atomic E-state index is 12.4. The van der Waals surface area contributed by atoms with Gasteiger partial charge in [0.05, 0.1) is 0 Å². The van der Waals surface area contributed by atoms with Crippen LogP contribution in [0, 0.1) is 0 Å². The minimum Gasteiger partial charge on any atom is -0.352 e. The third-order valence-electron chi connectivity index (χ3n) is 3.23. The summed E-state index contributed by atoms with van der Waals surface area (Å²) in [6.07, 6.45) is 5.08. The molecule has 1 N–H and O–H groups in total. The molecule has 0 fully saturated rings. The lowest BCUT2D eigenvalue weighted by molar-refractivity contribution is 0.462. The Hall–Kier alpha value is -1.11. The number of sulfonamides is 1. The smallest absolute Gasteiger partial charge is 0.244 e. The SMILES string of the molecule is C=CCCCN(C)S(=O)(=O)c1cc(CNCC)n(C)c1. The zero-order valence-corrected chi connectivity index (χ0v) is 13.4. The predicted molar refractivity (Wildman–Crippen MR) is 82.0 cm³/mol. The first-order valence-electron chi connectivity index (χ1n) is 6.86. The Morgan fingerprint density at radius 3 is 2.80 bits per heavy atom. The van der Waals surface area contributed by atoms with E-state index in [2.05, 4.69) is 11.9 Å². The van der Waals surface area contributed by atoms with E-state index >= 15 is 0 Å². The zero-order chi connectivity index (χ0) is 15.2. The van der Waals surface area contributed by atoms with Crippen molar-refractivity contribution in [3.8, 4) is 0 Å². The number of aryl methyl sites for hydroxylation is 1. The van der Waals surface area contributed by atoms with Crippen molar-refractivity contribution in [3.05, 3.63) is 30.6 Å². The second-order valence-corrected chi connectivity index (χ2v) is 6.86. The fourth-order valence-corrected chi connectivity index (χ4v) is 3.21. The van der Waals surface area contributed by atoms with Gasteiger partial charge in [0, 0.05) is 39.1 Å². The number of aromatic nitrogens is 1. The van der Waals surface area contributed by atoms with Crippen LogP contribution < -0.4 is 5.32 Å². The first-order chi connectivity index (χ1) is 9.43. The highest BCUT2D eigenvalue weighted by Crippen LogP contribution is 2.18. The number of allylic oxidation sites excluding steroid dienone is 1. The van der Waals surface area contributed by atoms with Crippen LogP contribution in [0.3, 0.4) is 0 Å². The van der Waals surface area contributed by atoms with Gasteiger partial charge in [-0.25, -0.2) is 12.7 Å². The van der Waals surface area contributed by atoms with E-state index in [4.69, 9.17) is 0 Å². The van der Waals surface area contributed by atoms with Gasteiger partial charge in [0.25, 0.3) is 0 Å². The van der Waals surface area contributed by atoms with E-state index in [0.717, 1.165) is 25.1 Å². The van der Waals surface area contributed by atoms with Gasteiger partial charge in [-0.3, -0.25) is 0 Å². The van der Waals surface area contributed by atoms with Crippen LogP contribution in [0.1, 0.15) is 25.5 Å². The Morgan fingerprint density at radius 1 is 1.50 bits per heavy atom. The van der Waals surface area contributed by atoms with Crippen LogP contribution in [0.5, 0.6) is 0 Å². The molecular formula is C14H25N3O2S. The van der Waals surface area contributed by atoms with Gasteiger partial charge in [0.2, 0.25) is 10.0 Å². The van der Waals surface area contributed by atoms with Gasteiger partial charge in [0.15, 0.2) is 0 Å². The molecule has 0 saturated carbocycles. The molecule has 114 valence electrons. The van der Waals surface area contributed by atoms with E-state index in [9.17, 15) is 8.42 Å². The van der Waals surface area contributed by atoms with Gasteiger partial charge in [-0.05, 0) is 25.5 Å². The van der Waals surface area contributed by atoms with Crippen molar-refractivity contribution in [2.75, 3.05) is 20.1 Å². The highest BCUT2D eigenvalue weighted by Gasteiger charge is 2.22. The quantitative estimate of drug-likeness (QED) is 0.558. The van der Waals surface area contributed by atoms with Crippen LogP contribution in [0.25, 0.3) is 0 Å². The standard InChI is InChI=1S/C14H25N3O2S/c1-5-7-8-9-17(4)20(18,19)14-10-13(11-15-6-2)16(3)12-14/h5,10,12,15H,1,6-9,11H2,2-4H3. The van der Waals surface area contributed by atoms with E-state index in [1.165, 1.54) is 4.31 Å². The molecule has 1 heterocycles. The summed E-state index contributed by atoms with van der Waals surface area (Å²) in [7, 11) is 0.0892. The molecular weight excluding hydrogens is 274 g/mol. The molecule has 6 heteroatoms. The fourth-order valence-electron chi connectivity index (χ4n) is 1.91. The molecule has 0 aromatic carbocycles. The number of rotatable bonds is 9. The Bertz CT molecular complexity index is 535. The van der Waals surface area contributed by atoms with Crippen LogP contribution in [0.4, 0.5) is 0 Å². The van der Waals surface area contributed by atoms with Gasteiger partial charge in [0.1, 0.15) is 4.90 Å². The zero-order valence-electron chi connectivity index (χ0n) is 12.6. The van der Waals surface area contributed by atoms with Crippen molar-refractivity contribution in [1.29, 1.82) is 0 Å². The van der Waals surface area contributed by atoms with Crippen molar-refractivity contribution < 1.29 is 8.42 Å². The largest absolute Gasteiger partial charge is 0.352 e. The van der Waals surface area contributed by atoms with Crippen LogP contribution in [0.15, 0.2) is 29.8 Å². The van der Waals surface area contributed by atoms with E-state index in [0.29, 0.717) is 18.0 Å². The molecule has 1 aromatic heterocycles. The average molecular weight is 299 g/mol. The van der Waals surface area contributed by atoms with Gasteiger partial charge in [-0.15, -0.1) is 6.58 Å². The Balaban J connectivity index is 2.83. The molecule has 1 rings (SSSR count). The highest BCUT2D eigenvalue weighted by atomic mass is 32.2. The monoisotopic (exact) mass is 299 g/mol. The molecule has 0 aliphatic carbocycles. The maximum Gasteiger partial charge on any atom is 0.244 e. The summed E-state index contributed by atoms with van der Waals surface area (Å²) in [6.45, 7) is 7.70. The number of unbranched alkanes of at least 4 members (excludes halogenated alkanes) is 1. The first-order valence-corrected chi connectivity index (χ1v) is 8.30. The van der Waals surface area contributed by atoms with Gasteiger partial charge >= 0.3 is 0 Å². The lowest BCUT2D eigenvalue weighted by Gasteiger charge is -2.15. The van der Waals surface area contributed by atoms with E-state index in [1.807, 2.05) is 18.5 Å². The molecule has 0 atom stereocenters. The second-order valence-electron chi connectivity index (χ2n) is 4.82. The van der Waals surface area contributed by atoms with Crippen LogP contribution in [-0.4, -0.2) is 37.4 Å². The second kappa shape index (κ2) is 7.61. The molecule has 0 saturated heterocycles. The normalized spacial score (nSPS) is 12.0. The molecule has 0 amide bonds. The Labute approximate surface area is 122 Å². The molecule has 0 spiro atoms. The topological polar surface area (TPSA) is 54.3 Å². The lowest BCUT2D eigenvalue weighted by Crippen LogP contribution is -2.27. The molecule has 1 aromatic rings. The Kier molecular flexibility index (Phi) is 6.45. The summed E-state index contributed by atoms with van der Waals surface area (Å²) in [5, 5.41) is 3.20. The lowest BCUT2D eigenvalue weighted by atomic mass is 10.3. The van der Waals surface area contributed by atoms with Crippen molar-refractivity contribution in [1.82, 2.24) is 14.2 Å². The van der Waals surface area contributed by atoms with E-state index < -0.39 is 10.0 Å². The minimum atomic E-state index is -3.40. The first kappa shape index (κ1) is 16.9. The summed E-state index contributed by atoms with van der Waals surface area (Å²) < 4.78 is 28.1. The number of hydrogen-bond acceptors (Lipinski definition) is 3. The van der Waals surface area contributed by atoms with Crippen molar-refractivity contribution >= 4 is 10.0 Å². The van der Waals surface area contributed by atoms with Gasteiger partial charge < -0.3 is 9.88 Å². The molecule has 0 unspecified atom stereocenters. The summed E-state index contributed by atoms with van der Waals surface area (Å²) in [5.74, 6) is 0. The molecule has 0 aliphatic rings. The number of nitrogens with one attached hydrogen (secondary N) is 1. The van der Waals surface area contributed by atoms with Crippen LogP contribution >= 0.6 is 0 Å². The molecule has 20 heavy (non-hydrogen) atoms. The summed E-state index contributed by atoms with van der Waals surface area (Å²) in [4.78, 5) is 0.356. The van der Waals surface area contributed by atoms with Gasteiger partial charge in [-0.1, -0.05) is 13.0 Å². The molecule has 5 nitrogen and oxygen atoms in total. The maximum absolute atomic E-state index is 12.4. The summed E-state index contributed by atoms with van der Waals surface area (Å²) in [6, 6.07) is 1.74. The number of nitrogens with zero attached hydrogens (tertiary/aromatic N) is 2. The van der Waals surface area contributed by atoms with Crippen molar-refractivity contribution in [2.24, 2.45) is 7.05 Å². The van der Waals surface area contributed by atoms with Crippen molar-refractivity contribution in [3.63, 3.8) is 0 Å². The van der Waals surface area contributed by atoms with Crippen LogP contribution in [0.2, 0.25) is 0 Å². The Morgan fingerprint density at radius 2 is 2.20 bits per heavy atom. The van der Waals surface area contributed by atoms with E-state index in [-0.39, 0.29) is 0 Å². The minimum absolute atomic E-state index is 0.356. The summed E-state index contributed by atoms with van der Waals surface area (Å²) in [5.41, 5.74) is 0.963. The number of hydrogen-bond donors (Lipinski definition) is 1.